The Bertz CT molecular complexity index is 153. The lowest BCUT2D eigenvalue weighted by atomic mass is 10.5. The minimum absolute atomic E-state index is 0.600. The van der Waals surface area contributed by atoms with Crippen LogP contribution < -0.4 is 4.72 Å². The largest absolute Gasteiger partial charge is 0.755 e. The molecule has 0 aromatic carbocycles. The number of rotatable bonds is 2. The fourth-order valence-electron chi connectivity index (χ4n) is 0.195. The predicted octanol–water partition coefficient (Wildman–Crippen LogP) is 1.02. The van der Waals surface area contributed by atoms with Crippen molar-refractivity contribution in [2.24, 2.45) is 0 Å². The van der Waals surface area contributed by atoms with Gasteiger partial charge in [0.1, 0.15) is 0 Å². The highest BCUT2D eigenvalue weighted by Crippen LogP contribution is 2.06. The summed E-state index contributed by atoms with van der Waals surface area (Å²) in [4.78, 5) is 0. The number of nitrogens with one attached hydrogen (secondary N) is 1. The third-order valence-electron chi connectivity index (χ3n) is 0.753. The van der Waals surface area contributed by atoms with Crippen molar-refractivity contribution in [1.29, 1.82) is 0 Å². The van der Waals surface area contributed by atoms with E-state index in [0.29, 0.717) is 5.70 Å². The van der Waals surface area contributed by atoms with Gasteiger partial charge in [-0.25, -0.2) is 0 Å². The Balaban J connectivity index is 3.92. The van der Waals surface area contributed by atoms with Crippen LogP contribution in [-0.4, -0.2) is 8.76 Å². The summed E-state index contributed by atoms with van der Waals surface area (Å²) in [6.07, 6.45) is 0. The average Bonchev–Trinajstić information content (AvgIpc) is 1.63. The summed E-state index contributed by atoms with van der Waals surface area (Å²) < 4.78 is 22.9. The normalized spacial score (nSPS) is 16.4. The van der Waals surface area contributed by atoms with Gasteiger partial charge in [-0.15, -0.1) is 0 Å². The monoisotopic (exact) mass is 212 g/mol. The van der Waals surface area contributed by atoms with Gasteiger partial charge < -0.3 is 9.27 Å². The van der Waals surface area contributed by atoms with Gasteiger partial charge in [-0.1, -0.05) is 15.9 Å². The Morgan fingerprint density at radius 2 is 2.11 bits per heavy atom. The van der Waals surface area contributed by atoms with Crippen molar-refractivity contribution in [3.8, 4) is 0 Å². The Labute approximate surface area is 65.1 Å². The molecule has 0 aliphatic rings. The van der Waals surface area contributed by atoms with Gasteiger partial charge in [-0.3, -0.25) is 4.21 Å². The van der Waals surface area contributed by atoms with Crippen molar-refractivity contribution in [3.05, 3.63) is 10.2 Å². The summed E-state index contributed by atoms with van der Waals surface area (Å²) in [6, 6.07) is 0. The summed E-state index contributed by atoms with van der Waals surface area (Å²) >= 11 is 0.908. The second-order valence-electron chi connectivity index (χ2n) is 1.50. The third kappa shape index (κ3) is 4.62. The molecule has 0 fully saturated rings. The lowest BCUT2D eigenvalue weighted by Gasteiger charge is -2.08. The molecule has 3 nitrogen and oxygen atoms in total. The highest BCUT2D eigenvalue weighted by Gasteiger charge is 1.89. The van der Waals surface area contributed by atoms with Crippen molar-refractivity contribution in [3.63, 3.8) is 0 Å². The van der Waals surface area contributed by atoms with Gasteiger partial charge in [0.05, 0.1) is 0 Å². The Morgan fingerprint density at radius 3 is 2.22 bits per heavy atom. The van der Waals surface area contributed by atoms with E-state index < -0.39 is 11.3 Å². The van der Waals surface area contributed by atoms with Gasteiger partial charge in [0.25, 0.3) is 0 Å². The summed E-state index contributed by atoms with van der Waals surface area (Å²) in [5.74, 6) is 0. The van der Waals surface area contributed by atoms with Crippen LogP contribution in [-0.2, 0) is 11.3 Å². The first-order valence-corrected chi connectivity index (χ1v) is 4.09. The third-order valence-corrected chi connectivity index (χ3v) is 1.82. The molecule has 1 N–H and O–H groups in total. The number of hydrogen-bond acceptors (Lipinski definition) is 2. The molecule has 9 heavy (non-hydrogen) atoms. The summed E-state index contributed by atoms with van der Waals surface area (Å²) in [7, 11) is 0. The van der Waals surface area contributed by atoms with Crippen molar-refractivity contribution in [1.82, 2.24) is 4.72 Å². The van der Waals surface area contributed by atoms with Crippen molar-refractivity contribution < 1.29 is 8.76 Å². The molecule has 0 aliphatic carbocycles. The molecule has 0 heterocycles. The van der Waals surface area contributed by atoms with E-state index in [0.717, 1.165) is 4.48 Å². The summed E-state index contributed by atoms with van der Waals surface area (Å²) in [5.41, 5.74) is 0.600. The molecule has 0 aliphatic heterocycles. The number of hydrogen-bond donors (Lipinski definition) is 1. The molecule has 5 heteroatoms. The lowest BCUT2D eigenvalue weighted by molar-refractivity contribution is 0.529. The Morgan fingerprint density at radius 1 is 1.67 bits per heavy atom. The summed E-state index contributed by atoms with van der Waals surface area (Å²) in [5, 5.41) is 0. The maximum atomic E-state index is 9.95. The van der Waals surface area contributed by atoms with Crippen molar-refractivity contribution in [2.75, 3.05) is 0 Å². The highest BCUT2D eigenvalue weighted by atomic mass is 79.9. The van der Waals surface area contributed by atoms with E-state index in [2.05, 4.69) is 20.7 Å². The van der Waals surface area contributed by atoms with E-state index in [9.17, 15) is 8.76 Å². The van der Waals surface area contributed by atoms with Crippen molar-refractivity contribution >= 4 is 27.2 Å². The maximum absolute atomic E-state index is 9.95. The smallest absolute Gasteiger partial charge is 0.0445 e. The predicted molar refractivity (Wildman–Crippen MR) is 39.4 cm³/mol. The Hall–Kier alpha value is 0.130. The molecule has 0 spiro atoms. The van der Waals surface area contributed by atoms with Crippen LogP contribution in [0.5, 0.6) is 0 Å². The average molecular weight is 213 g/mol. The summed E-state index contributed by atoms with van der Waals surface area (Å²) in [6.45, 7) is 3.43. The second-order valence-corrected chi connectivity index (χ2v) is 3.36. The van der Waals surface area contributed by atoms with Crippen LogP contribution >= 0.6 is 15.9 Å². The molecule has 1 atom stereocenters. The molecule has 0 saturated heterocycles. The standard InChI is InChI=1S/C4H8BrNO2S/c1-3(5)4(2)6-9(7)8/h6H,1-2H3,(H,7,8)/p-1/b4-3-. The molecule has 0 bridgehead atoms. The van der Waals surface area contributed by atoms with E-state index in [1.807, 2.05) is 0 Å². The van der Waals surface area contributed by atoms with Gasteiger partial charge in [0, 0.05) is 21.4 Å². The SMILES string of the molecule is C/C(Br)=C(\C)NS(=O)[O-]. The zero-order valence-electron chi connectivity index (χ0n) is 5.10. The van der Waals surface area contributed by atoms with Gasteiger partial charge in [-0.2, -0.15) is 0 Å². The first-order chi connectivity index (χ1) is 4.04. The van der Waals surface area contributed by atoms with Gasteiger partial charge in [0.15, 0.2) is 0 Å². The maximum Gasteiger partial charge on any atom is 0.0445 e. The molecular formula is C4H7BrNO2S-. The van der Waals surface area contributed by atoms with Gasteiger partial charge >= 0.3 is 0 Å². The van der Waals surface area contributed by atoms with E-state index in [1.165, 1.54) is 0 Å². The number of allylic oxidation sites excluding steroid dienone is 2. The second kappa shape index (κ2) is 4.03. The molecule has 0 amide bonds. The first kappa shape index (κ1) is 9.13. The number of halogens is 1. The minimum Gasteiger partial charge on any atom is -0.755 e. The molecule has 54 valence electrons. The first-order valence-electron chi connectivity index (χ1n) is 2.23. The molecule has 0 radical (unpaired) electrons. The van der Waals surface area contributed by atoms with Crippen LogP contribution in [0.15, 0.2) is 10.2 Å². The minimum atomic E-state index is -2.20. The lowest BCUT2D eigenvalue weighted by Crippen LogP contribution is -2.13. The van der Waals surface area contributed by atoms with Crippen molar-refractivity contribution in [2.45, 2.75) is 13.8 Å². The van der Waals surface area contributed by atoms with Gasteiger partial charge in [-0.05, 0) is 13.8 Å². The fourth-order valence-corrected chi connectivity index (χ4v) is 0.829. The van der Waals surface area contributed by atoms with Crippen LogP contribution in [0.1, 0.15) is 13.8 Å². The quantitative estimate of drug-likeness (QED) is 0.696. The van der Waals surface area contributed by atoms with Crippen LogP contribution in [0.4, 0.5) is 0 Å². The Kier molecular flexibility index (Phi) is 4.09. The molecule has 0 aromatic heterocycles. The highest BCUT2D eigenvalue weighted by molar-refractivity contribution is 9.11. The van der Waals surface area contributed by atoms with Crippen LogP contribution in [0, 0.1) is 0 Å². The van der Waals surface area contributed by atoms with E-state index in [-0.39, 0.29) is 0 Å². The van der Waals surface area contributed by atoms with E-state index in [4.69, 9.17) is 0 Å². The fraction of sp³-hybridized carbons (Fsp3) is 0.500. The molecule has 0 rings (SSSR count). The van der Waals surface area contributed by atoms with Crippen LogP contribution in [0.25, 0.3) is 0 Å². The van der Waals surface area contributed by atoms with Crippen LogP contribution in [0.3, 0.4) is 0 Å². The van der Waals surface area contributed by atoms with Crippen LogP contribution in [0.2, 0.25) is 0 Å². The molecular weight excluding hydrogens is 206 g/mol. The van der Waals surface area contributed by atoms with E-state index in [1.54, 1.807) is 13.8 Å². The topological polar surface area (TPSA) is 52.2 Å². The molecule has 0 aromatic rings. The molecule has 1 unspecified atom stereocenters. The van der Waals surface area contributed by atoms with Gasteiger partial charge in [0.2, 0.25) is 0 Å². The zero-order valence-corrected chi connectivity index (χ0v) is 7.51. The van der Waals surface area contributed by atoms with E-state index >= 15 is 0 Å². The zero-order chi connectivity index (χ0) is 7.44. The molecule has 0 saturated carbocycles.